The first-order valence-electron chi connectivity index (χ1n) is 7.82. The van der Waals surface area contributed by atoms with Gasteiger partial charge in [0.05, 0.1) is 21.3 Å². The van der Waals surface area contributed by atoms with Crippen LogP contribution in [0, 0.1) is 0 Å². The Balaban J connectivity index is 1.94. The molecule has 0 unspecified atom stereocenters. The summed E-state index contributed by atoms with van der Waals surface area (Å²) in [6, 6.07) is 11.4. The van der Waals surface area contributed by atoms with E-state index in [0.29, 0.717) is 17.4 Å². The topological polar surface area (TPSA) is 29.5 Å². The summed E-state index contributed by atoms with van der Waals surface area (Å²) < 4.78 is 7.54. The zero-order valence-electron chi connectivity index (χ0n) is 13.5. The number of carbonyl (C=O) groups excluding carboxylic acids is 1. The van der Waals surface area contributed by atoms with Crippen molar-refractivity contribution in [1.82, 2.24) is 0 Å². The fourth-order valence-electron chi connectivity index (χ4n) is 2.62. The number of hydrogen-bond donors (Lipinski definition) is 0. The second-order valence-electron chi connectivity index (χ2n) is 5.57. The second kappa shape index (κ2) is 8.33. The molecule has 1 amide bonds. The van der Waals surface area contributed by atoms with E-state index in [1.54, 1.807) is 23.9 Å². The van der Waals surface area contributed by atoms with Gasteiger partial charge in [-0.05, 0) is 80.2 Å². The van der Waals surface area contributed by atoms with Gasteiger partial charge in [0.1, 0.15) is 11.1 Å². The minimum atomic E-state index is -0.0819. The molecule has 0 aromatic heterocycles. The lowest BCUT2D eigenvalue weighted by molar-refractivity contribution is -0.115. The molecule has 0 bridgehead atoms. The highest BCUT2D eigenvalue weighted by Gasteiger charge is 2.34. The van der Waals surface area contributed by atoms with E-state index < -0.39 is 0 Å². The largest absolute Gasteiger partial charge is 0.491 e. The van der Waals surface area contributed by atoms with E-state index >= 15 is 0 Å². The Hall–Kier alpha value is -0.690. The lowest BCUT2D eigenvalue weighted by atomic mass is 10.1. The lowest BCUT2D eigenvalue weighted by Gasteiger charge is -2.25. The summed E-state index contributed by atoms with van der Waals surface area (Å²) in [5, 5.41) is 0.573. The van der Waals surface area contributed by atoms with Crippen molar-refractivity contribution >= 4 is 66.8 Å². The first kappa shape index (κ1) is 19.1. The van der Waals surface area contributed by atoms with Crippen LogP contribution in [0.25, 0.3) is 0 Å². The van der Waals surface area contributed by atoms with Crippen LogP contribution in [0.5, 0.6) is 5.75 Å². The Bertz CT molecular complexity index is 762. The maximum absolute atomic E-state index is 12.4. The first-order chi connectivity index (χ1) is 12.0. The predicted molar refractivity (Wildman–Crippen MR) is 112 cm³/mol. The number of rotatable bonds is 5. The monoisotopic (exact) mass is 503 g/mol. The molecule has 132 valence electrons. The van der Waals surface area contributed by atoms with E-state index in [1.165, 1.54) is 0 Å². The molecule has 2 aromatic carbocycles. The standard InChI is InChI=1S/C18H16Br2ClNO2S/c1-2-7-24-17-14(19)8-11(9-15(17)20)18-22(16(23)10-25-18)13-5-3-12(21)4-6-13/h3-6,8-9,18H,2,7,10H2,1H3/t18-/m0/s1. The molecule has 1 fully saturated rings. The Labute approximate surface area is 173 Å². The van der Waals surface area contributed by atoms with Crippen molar-refractivity contribution in [3.63, 3.8) is 0 Å². The summed E-state index contributed by atoms with van der Waals surface area (Å²) >= 11 is 14.8. The molecule has 1 heterocycles. The number of nitrogens with zero attached hydrogens (tertiary/aromatic N) is 1. The smallest absolute Gasteiger partial charge is 0.238 e. The third kappa shape index (κ3) is 4.18. The molecule has 1 saturated heterocycles. The number of benzene rings is 2. The van der Waals surface area contributed by atoms with E-state index in [2.05, 4.69) is 38.8 Å². The molecule has 2 aromatic rings. The van der Waals surface area contributed by atoms with E-state index in [9.17, 15) is 4.79 Å². The van der Waals surface area contributed by atoms with Crippen LogP contribution in [-0.4, -0.2) is 18.3 Å². The van der Waals surface area contributed by atoms with Gasteiger partial charge in [0, 0.05) is 10.7 Å². The van der Waals surface area contributed by atoms with Gasteiger partial charge in [-0.3, -0.25) is 9.69 Å². The number of hydrogen-bond acceptors (Lipinski definition) is 3. The van der Waals surface area contributed by atoms with E-state index in [4.69, 9.17) is 16.3 Å². The van der Waals surface area contributed by atoms with Gasteiger partial charge in [-0.15, -0.1) is 11.8 Å². The van der Waals surface area contributed by atoms with Gasteiger partial charge in [-0.25, -0.2) is 0 Å². The number of thioether (sulfide) groups is 1. The minimum absolute atomic E-state index is 0.0819. The van der Waals surface area contributed by atoms with Crippen LogP contribution >= 0.6 is 55.2 Å². The molecule has 0 radical (unpaired) electrons. The Morgan fingerprint density at radius 1 is 1.24 bits per heavy atom. The summed E-state index contributed by atoms with van der Waals surface area (Å²) in [4.78, 5) is 14.3. The van der Waals surface area contributed by atoms with Gasteiger partial charge < -0.3 is 4.74 Å². The maximum Gasteiger partial charge on any atom is 0.238 e. The molecule has 1 aliphatic rings. The molecule has 7 heteroatoms. The fraction of sp³-hybridized carbons (Fsp3) is 0.278. The molecule has 3 nitrogen and oxygen atoms in total. The molecule has 1 atom stereocenters. The number of carbonyl (C=O) groups is 1. The zero-order valence-corrected chi connectivity index (χ0v) is 18.2. The maximum atomic E-state index is 12.4. The molecule has 0 aliphatic carbocycles. The van der Waals surface area contributed by atoms with Crippen LogP contribution in [0.3, 0.4) is 0 Å². The van der Waals surface area contributed by atoms with E-state index in [0.717, 1.165) is 32.4 Å². The van der Waals surface area contributed by atoms with Gasteiger partial charge >= 0.3 is 0 Å². The van der Waals surface area contributed by atoms with Gasteiger partial charge in [-0.2, -0.15) is 0 Å². The summed E-state index contributed by atoms with van der Waals surface area (Å²) in [6.45, 7) is 2.73. The summed E-state index contributed by atoms with van der Waals surface area (Å²) in [5.74, 6) is 1.34. The van der Waals surface area contributed by atoms with Crippen molar-refractivity contribution in [3.05, 3.63) is 55.9 Å². The Kier molecular flexibility index (Phi) is 6.36. The van der Waals surface area contributed by atoms with Gasteiger partial charge in [-0.1, -0.05) is 18.5 Å². The highest BCUT2D eigenvalue weighted by atomic mass is 79.9. The molecule has 0 saturated carbocycles. The van der Waals surface area contributed by atoms with Crippen molar-refractivity contribution < 1.29 is 9.53 Å². The highest BCUT2D eigenvalue weighted by Crippen LogP contribution is 2.45. The summed E-state index contributed by atoms with van der Waals surface area (Å²) in [7, 11) is 0. The molecule has 25 heavy (non-hydrogen) atoms. The van der Waals surface area contributed by atoms with Gasteiger partial charge in [0.15, 0.2) is 0 Å². The molecule has 3 rings (SSSR count). The molecular formula is C18H16Br2ClNO2S. The van der Waals surface area contributed by atoms with Crippen molar-refractivity contribution in [2.45, 2.75) is 18.7 Å². The Morgan fingerprint density at radius 3 is 2.48 bits per heavy atom. The summed E-state index contributed by atoms with van der Waals surface area (Å²) in [5.41, 5.74) is 1.89. The third-order valence-corrected chi connectivity index (χ3v) is 6.37. The molecule has 1 aliphatic heterocycles. The van der Waals surface area contributed by atoms with Crippen molar-refractivity contribution in [1.29, 1.82) is 0 Å². The summed E-state index contributed by atoms with van der Waals surface area (Å²) in [6.07, 6.45) is 0.942. The number of anilines is 1. The predicted octanol–water partition coefficient (Wildman–Crippen LogP) is 6.43. The van der Waals surface area contributed by atoms with Crippen LogP contribution < -0.4 is 9.64 Å². The SMILES string of the molecule is CCCOc1c(Br)cc([C@@H]2SCC(=O)N2c2ccc(Cl)cc2)cc1Br. The fourth-order valence-corrected chi connectivity index (χ4v) is 5.35. The van der Waals surface area contributed by atoms with Gasteiger partial charge in [0.2, 0.25) is 5.91 Å². The Morgan fingerprint density at radius 2 is 1.88 bits per heavy atom. The number of ether oxygens (including phenoxy) is 1. The van der Waals surface area contributed by atoms with E-state index in [1.807, 2.05) is 29.2 Å². The van der Waals surface area contributed by atoms with Crippen LogP contribution in [0.1, 0.15) is 24.3 Å². The number of halogens is 3. The van der Waals surface area contributed by atoms with Crippen molar-refractivity contribution in [2.24, 2.45) is 0 Å². The van der Waals surface area contributed by atoms with Crippen LogP contribution in [0.2, 0.25) is 5.02 Å². The average Bonchev–Trinajstić information content (AvgIpc) is 2.96. The van der Waals surface area contributed by atoms with Crippen molar-refractivity contribution in [3.8, 4) is 5.75 Å². The van der Waals surface area contributed by atoms with Gasteiger partial charge in [0.25, 0.3) is 0 Å². The van der Waals surface area contributed by atoms with Crippen LogP contribution in [-0.2, 0) is 4.79 Å². The van der Waals surface area contributed by atoms with Crippen LogP contribution in [0.4, 0.5) is 5.69 Å². The highest BCUT2D eigenvalue weighted by molar-refractivity contribution is 9.11. The second-order valence-corrected chi connectivity index (χ2v) is 8.78. The lowest BCUT2D eigenvalue weighted by Crippen LogP contribution is -2.27. The third-order valence-electron chi connectivity index (χ3n) is 3.73. The van der Waals surface area contributed by atoms with E-state index in [-0.39, 0.29) is 11.3 Å². The molecular weight excluding hydrogens is 490 g/mol. The minimum Gasteiger partial charge on any atom is -0.491 e. The normalized spacial score (nSPS) is 17.2. The quantitative estimate of drug-likeness (QED) is 0.469. The average molecular weight is 506 g/mol. The van der Waals surface area contributed by atoms with Crippen LogP contribution in [0.15, 0.2) is 45.3 Å². The van der Waals surface area contributed by atoms with Crippen molar-refractivity contribution in [2.75, 3.05) is 17.3 Å². The zero-order chi connectivity index (χ0) is 18.0. The number of amides is 1. The molecule has 0 N–H and O–H groups in total. The molecule has 0 spiro atoms. The first-order valence-corrected chi connectivity index (χ1v) is 10.8.